The van der Waals surface area contributed by atoms with Crippen LogP contribution in [-0.4, -0.2) is 19.8 Å². The number of methoxy groups -OCH3 is 1. The number of hydrogen-bond acceptors (Lipinski definition) is 3. The van der Waals surface area contributed by atoms with E-state index in [1.165, 1.54) is 25.7 Å². The quantitative estimate of drug-likeness (QED) is 0.342. The fraction of sp³-hybridized carbons (Fsp3) is 1.00. The molecule has 0 aromatic carbocycles. The molecule has 0 saturated carbocycles. The van der Waals surface area contributed by atoms with E-state index in [4.69, 9.17) is 10.6 Å². The molecule has 0 heterocycles. The van der Waals surface area contributed by atoms with Crippen molar-refractivity contribution in [2.24, 2.45) is 11.8 Å². The highest BCUT2D eigenvalue weighted by atomic mass is 16.5. The highest BCUT2D eigenvalue weighted by molar-refractivity contribution is 4.67. The SMILES string of the molecule is CCCCCC(CC(C)COC)NN. The van der Waals surface area contributed by atoms with Crippen LogP contribution in [0.5, 0.6) is 0 Å². The van der Waals surface area contributed by atoms with Crippen LogP contribution in [0.25, 0.3) is 0 Å². The number of unbranched alkanes of at least 4 members (excludes halogenated alkanes) is 2. The zero-order chi connectivity index (χ0) is 10.8. The number of hydrazine groups is 1. The normalized spacial score (nSPS) is 15.4. The summed E-state index contributed by atoms with van der Waals surface area (Å²) in [5.74, 6) is 6.09. The maximum absolute atomic E-state index is 5.51. The first-order chi connectivity index (χ1) is 6.74. The molecule has 0 fully saturated rings. The number of hydrogen-bond donors (Lipinski definition) is 2. The van der Waals surface area contributed by atoms with E-state index in [1.54, 1.807) is 7.11 Å². The van der Waals surface area contributed by atoms with E-state index in [0.29, 0.717) is 12.0 Å². The van der Waals surface area contributed by atoms with Gasteiger partial charge in [-0.05, 0) is 18.8 Å². The van der Waals surface area contributed by atoms with Crippen LogP contribution in [0, 0.1) is 5.92 Å². The fourth-order valence-corrected chi connectivity index (χ4v) is 1.75. The van der Waals surface area contributed by atoms with Gasteiger partial charge < -0.3 is 4.74 Å². The predicted molar refractivity (Wildman–Crippen MR) is 60.9 cm³/mol. The lowest BCUT2D eigenvalue weighted by Gasteiger charge is -2.19. The molecule has 0 spiro atoms. The molecule has 2 unspecified atom stereocenters. The molecule has 0 aromatic heterocycles. The van der Waals surface area contributed by atoms with Crippen LogP contribution in [0.1, 0.15) is 46.0 Å². The summed E-state index contributed by atoms with van der Waals surface area (Å²) in [4.78, 5) is 0. The third-order valence-electron chi connectivity index (χ3n) is 2.53. The molecule has 86 valence electrons. The molecule has 0 aliphatic heterocycles. The van der Waals surface area contributed by atoms with E-state index < -0.39 is 0 Å². The number of nitrogens with two attached hydrogens (primary N) is 1. The maximum atomic E-state index is 5.51. The van der Waals surface area contributed by atoms with Gasteiger partial charge in [-0.25, -0.2) is 0 Å². The Labute approximate surface area is 88.4 Å². The van der Waals surface area contributed by atoms with Gasteiger partial charge >= 0.3 is 0 Å². The highest BCUT2D eigenvalue weighted by Crippen LogP contribution is 2.12. The molecule has 2 atom stereocenters. The van der Waals surface area contributed by atoms with E-state index in [0.717, 1.165) is 13.0 Å². The Bertz CT molecular complexity index is 120. The first kappa shape index (κ1) is 13.9. The summed E-state index contributed by atoms with van der Waals surface area (Å²) in [6.45, 7) is 5.25. The molecule has 0 radical (unpaired) electrons. The minimum Gasteiger partial charge on any atom is -0.384 e. The second-order valence-corrected chi connectivity index (χ2v) is 4.16. The van der Waals surface area contributed by atoms with Gasteiger partial charge in [0.05, 0.1) is 0 Å². The largest absolute Gasteiger partial charge is 0.384 e. The van der Waals surface area contributed by atoms with E-state index in [2.05, 4.69) is 19.3 Å². The predicted octanol–water partition coefficient (Wildman–Crippen LogP) is 2.07. The van der Waals surface area contributed by atoms with Crippen molar-refractivity contribution >= 4 is 0 Å². The smallest absolute Gasteiger partial charge is 0.0488 e. The first-order valence-electron chi connectivity index (χ1n) is 5.69. The zero-order valence-electron chi connectivity index (χ0n) is 9.88. The Kier molecular flexibility index (Phi) is 9.35. The molecule has 0 aromatic rings. The summed E-state index contributed by atoms with van der Waals surface area (Å²) in [5.41, 5.74) is 2.89. The molecule has 14 heavy (non-hydrogen) atoms. The molecule has 0 amide bonds. The average molecular weight is 202 g/mol. The Balaban J connectivity index is 3.55. The lowest BCUT2D eigenvalue weighted by molar-refractivity contribution is 0.148. The molecule has 0 aliphatic rings. The Morgan fingerprint density at radius 1 is 1.36 bits per heavy atom. The van der Waals surface area contributed by atoms with Crippen molar-refractivity contribution < 1.29 is 4.74 Å². The number of ether oxygens (including phenoxy) is 1. The number of nitrogens with one attached hydrogen (secondary N) is 1. The van der Waals surface area contributed by atoms with Gasteiger partial charge in [0.15, 0.2) is 0 Å². The summed E-state index contributed by atoms with van der Waals surface area (Å²) in [7, 11) is 1.75. The lowest BCUT2D eigenvalue weighted by atomic mass is 9.98. The van der Waals surface area contributed by atoms with Crippen LogP contribution in [0.3, 0.4) is 0 Å². The van der Waals surface area contributed by atoms with Gasteiger partial charge in [-0.2, -0.15) is 0 Å². The summed E-state index contributed by atoms with van der Waals surface area (Å²) in [5, 5.41) is 0. The molecule has 3 nitrogen and oxygen atoms in total. The van der Waals surface area contributed by atoms with Crippen LogP contribution in [0.4, 0.5) is 0 Å². The minimum atomic E-state index is 0.451. The first-order valence-corrected chi connectivity index (χ1v) is 5.69. The summed E-state index contributed by atoms with van der Waals surface area (Å²) >= 11 is 0. The summed E-state index contributed by atoms with van der Waals surface area (Å²) in [6.07, 6.45) is 6.12. The molecule has 3 heteroatoms. The van der Waals surface area contributed by atoms with E-state index in [-0.39, 0.29) is 0 Å². The Hall–Kier alpha value is -0.120. The second kappa shape index (κ2) is 9.44. The van der Waals surface area contributed by atoms with Gasteiger partial charge in [0, 0.05) is 19.8 Å². The number of rotatable bonds is 9. The molecule has 3 N–H and O–H groups in total. The van der Waals surface area contributed by atoms with Crippen LogP contribution in [0.2, 0.25) is 0 Å². The summed E-state index contributed by atoms with van der Waals surface area (Å²) < 4.78 is 5.11. The van der Waals surface area contributed by atoms with Gasteiger partial charge in [-0.15, -0.1) is 0 Å². The van der Waals surface area contributed by atoms with Gasteiger partial charge in [0.25, 0.3) is 0 Å². The Morgan fingerprint density at radius 3 is 2.57 bits per heavy atom. The zero-order valence-corrected chi connectivity index (χ0v) is 9.88. The van der Waals surface area contributed by atoms with Crippen molar-refractivity contribution in [1.29, 1.82) is 0 Å². The van der Waals surface area contributed by atoms with Crippen molar-refractivity contribution in [3.63, 3.8) is 0 Å². The molecule has 0 rings (SSSR count). The van der Waals surface area contributed by atoms with Gasteiger partial charge in [-0.1, -0.05) is 33.1 Å². The molecule has 0 saturated heterocycles. The van der Waals surface area contributed by atoms with Crippen molar-refractivity contribution in [1.82, 2.24) is 5.43 Å². The minimum absolute atomic E-state index is 0.451. The van der Waals surface area contributed by atoms with E-state index >= 15 is 0 Å². The van der Waals surface area contributed by atoms with Crippen LogP contribution >= 0.6 is 0 Å². The van der Waals surface area contributed by atoms with Gasteiger partial charge in [-0.3, -0.25) is 11.3 Å². The topological polar surface area (TPSA) is 47.3 Å². The van der Waals surface area contributed by atoms with Crippen LogP contribution in [0.15, 0.2) is 0 Å². The van der Waals surface area contributed by atoms with Gasteiger partial charge in [0.1, 0.15) is 0 Å². The van der Waals surface area contributed by atoms with Crippen LogP contribution < -0.4 is 11.3 Å². The maximum Gasteiger partial charge on any atom is 0.0488 e. The van der Waals surface area contributed by atoms with Crippen molar-refractivity contribution in [3.8, 4) is 0 Å². The fourth-order valence-electron chi connectivity index (χ4n) is 1.75. The standard InChI is InChI=1S/C11H26N2O/c1-4-5-6-7-11(13-12)8-10(2)9-14-3/h10-11,13H,4-9,12H2,1-3H3. The lowest BCUT2D eigenvalue weighted by Crippen LogP contribution is -2.36. The average Bonchev–Trinajstić information content (AvgIpc) is 2.17. The molecule has 0 bridgehead atoms. The highest BCUT2D eigenvalue weighted by Gasteiger charge is 2.10. The van der Waals surface area contributed by atoms with Crippen molar-refractivity contribution in [3.05, 3.63) is 0 Å². The molecule has 0 aliphatic carbocycles. The second-order valence-electron chi connectivity index (χ2n) is 4.16. The van der Waals surface area contributed by atoms with E-state index in [1.807, 2.05) is 0 Å². The van der Waals surface area contributed by atoms with Crippen LogP contribution in [-0.2, 0) is 4.74 Å². The molecular weight excluding hydrogens is 176 g/mol. The van der Waals surface area contributed by atoms with Crippen molar-refractivity contribution in [2.75, 3.05) is 13.7 Å². The Morgan fingerprint density at radius 2 is 2.07 bits per heavy atom. The monoisotopic (exact) mass is 202 g/mol. The van der Waals surface area contributed by atoms with Crippen molar-refractivity contribution in [2.45, 2.75) is 52.0 Å². The summed E-state index contributed by atoms with van der Waals surface area (Å²) in [6, 6.07) is 0.451. The third kappa shape index (κ3) is 7.30. The third-order valence-corrected chi connectivity index (χ3v) is 2.53. The van der Waals surface area contributed by atoms with E-state index in [9.17, 15) is 0 Å². The van der Waals surface area contributed by atoms with Gasteiger partial charge in [0.2, 0.25) is 0 Å². The molecular formula is C11H26N2O.